The molecule has 0 unspecified atom stereocenters. The van der Waals surface area contributed by atoms with Crippen LogP contribution in [0.4, 0.5) is 0 Å². The van der Waals surface area contributed by atoms with Crippen molar-refractivity contribution in [2.24, 2.45) is 7.05 Å². The lowest BCUT2D eigenvalue weighted by molar-refractivity contribution is 0.357. The smallest absolute Gasteiger partial charge is 0.122 e. The predicted octanol–water partition coefficient (Wildman–Crippen LogP) is 1.69. The first-order chi connectivity index (χ1) is 9.33. The average molecular weight is 257 g/mol. The molecule has 0 radical (unpaired) electrons. The van der Waals surface area contributed by atoms with Crippen LogP contribution in [0.5, 0.6) is 5.75 Å². The molecule has 4 heteroatoms. The number of aromatic nitrogens is 2. The minimum Gasteiger partial charge on any atom is -0.493 e. The zero-order valence-electron chi connectivity index (χ0n) is 11.2. The third-order valence-electron chi connectivity index (χ3n) is 3.53. The molecule has 1 aliphatic rings. The maximum absolute atomic E-state index is 5.51. The highest BCUT2D eigenvalue weighted by atomic mass is 16.5. The minimum atomic E-state index is 0.825. The van der Waals surface area contributed by atoms with Crippen molar-refractivity contribution in [3.8, 4) is 5.75 Å². The number of hydrogen-bond acceptors (Lipinski definition) is 3. The Morgan fingerprint density at radius 2 is 2.37 bits per heavy atom. The van der Waals surface area contributed by atoms with E-state index in [9.17, 15) is 0 Å². The summed E-state index contributed by atoms with van der Waals surface area (Å²) in [6.45, 7) is 2.67. The molecule has 1 aliphatic heterocycles. The van der Waals surface area contributed by atoms with Crippen LogP contribution in [0.2, 0.25) is 0 Å². The molecule has 0 atom stereocenters. The topological polar surface area (TPSA) is 39.1 Å². The Bertz CT molecular complexity index is 562. The Labute approximate surface area is 113 Å². The van der Waals surface area contributed by atoms with Crippen LogP contribution in [-0.2, 0) is 26.4 Å². The summed E-state index contributed by atoms with van der Waals surface area (Å²) in [6, 6.07) is 6.46. The summed E-state index contributed by atoms with van der Waals surface area (Å²) in [5.74, 6) is 2.17. The molecule has 0 bridgehead atoms. The maximum atomic E-state index is 5.51. The van der Waals surface area contributed by atoms with Gasteiger partial charge in [-0.3, -0.25) is 0 Å². The van der Waals surface area contributed by atoms with Crippen molar-refractivity contribution < 1.29 is 4.74 Å². The first-order valence-electron chi connectivity index (χ1n) is 6.74. The molecule has 2 aromatic rings. The van der Waals surface area contributed by atoms with Gasteiger partial charge in [-0.2, -0.15) is 0 Å². The van der Waals surface area contributed by atoms with Crippen molar-refractivity contribution in [2.45, 2.75) is 19.4 Å². The monoisotopic (exact) mass is 257 g/mol. The summed E-state index contributed by atoms with van der Waals surface area (Å²) in [5.41, 5.74) is 2.66. The number of benzene rings is 1. The molecule has 0 spiro atoms. The summed E-state index contributed by atoms with van der Waals surface area (Å²) in [5, 5.41) is 3.46. The molecule has 100 valence electrons. The van der Waals surface area contributed by atoms with Gasteiger partial charge in [-0.1, -0.05) is 12.1 Å². The third kappa shape index (κ3) is 2.79. The van der Waals surface area contributed by atoms with Gasteiger partial charge in [0.1, 0.15) is 11.6 Å². The molecule has 19 heavy (non-hydrogen) atoms. The van der Waals surface area contributed by atoms with Gasteiger partial charge in [-0.05, 0) is 17.2 Å². The van der Waals surface area contributed by atoms with Gasteiger partial charge in [0.15, 0.2) is 0 Å². The first-order valence-corrected chi connectivity index (χ1v) is 6.74. The number of aryl methyl sites for hydroxylation is 1. The number of hydrogen-bond donors (Lipinski definition) is 1. The van der Waals surface area contributed by atoms with Crippen LogP contribution in [-0.4, -0.2) is 22.7 Å². The molecular formula is C15H19N3O. The molecule has 2 heterocycles. The van der Waals surface area contributed by atoms with Crippen LogP contribution in [0.3, 0.4) is 0 Å². The molecule has 3 rings (SSSR count). The molecular weight excluding hydrogens is 238 g/mol. The van der Waals surface area contributed by atoms with Crippen molar-refractivity contribution >= 4 is 0 Å². The standard InChI is InChI=1S/C15H19N3O/c1-18-8-7-17-15(18)4-6-16-11-12-2-3-14-13(10-12)5-9-19-14/h2-3,7-8,10,16H,4-6,9,11H2,1H3. The van der Waals surface area contributed by atoms with Crippen molar-refractivity contribution in [1.82, 2.24) is 14.9 Å². The van der Waals surface area contributed by atoms with E-state index in [2.05, 4.69) is 33.1 Å². The quantitative estimate of drug-likeness (QED) is 0.828. The Morgan fingerprint density at radius 1 is 1.42 bits per heavy atom. The molecule has 4 nitrogen and oxygen atoms in total. The normalized spacial score (nSPS) is 13.3. The van der Waals surface area contributed by atoms with E-state index in [-0.39, 0.29) is 0 Å². The van der Waals surface area contributed by atoms with E-state index in [0.717, 1.165) is 44.1 Å². The lowest BCUT2D eigenvalue weighted by atomic mass is 10.1. The largest absolute Gasteiger partial charge is 0.493 e. The van der Waals surface area contributed by atoms with Crippen LogP contribution in [0.25, 0.3) is 0 Å². The summed E-state index contributed by atoms with van der Waals surface area (Å²) >= 11 is 0. The SMILES string of the molecule is Cn1ccnc1CCNCc1ccc2c(c1)CCO2. The van der Waals surface area contributed by atoms with E-state index in [1.54, 1.807) is 0 Å². The van der Waals surface area contributed by atoms with Gasteiger partial charge >= 0.3 is 0 Å². The van der Waals surface area contributed by atoms with Gasteiger partial charge in [-0.25, -0.2) is 4.98 Å². The second-order valence-electron chi connectivity index (χ2n) is 4.92. The van der Waals surface area contributed by atoms with Crippen LogP contribution >= 0.6 is 0 Å². The first kappa shape index (κ1) is 12.2. The number of rotatable bonds is 5. The van der Waals surface area contributed by atoms with E-state index in [4.69, 9.17) is 4.74 Å². The summed E-state index contributed by atoms with van der Waals surface area (Å²) in [4.78, 5) is 4.31. The number of nitrogens with one attached hydrogen (secondary N) is 1. The highest BCUT2D eigenvalue weighted by Crippen LogP contribution is 2.25. The fraction of sp³-hybridized carbons (Fsp3) is 0.400. The van der Waals surface area contributed by atoms with Gasteiger partial charge in [0, 0.05) is 45.4 Å². The molecule has 0 saturated heterocycles. The number of nitrogens with zero attached hydrogens (tertiary/aromatic N) is 2. The van der Waals surface area contributed by atoms with E-state index in [1.165, 1.54) is 11.1 Å². The summed E-state index contributed by atoms with van der Waals surface area (Å²) in [6.07, 6.45) is 5.82. The fourth-order valence-electron chi connectivity index (χ4n) is 2.42. The highest BCUT2D eigenvalue weighted by Gasteiger charge is 2.11. The minimum absolute atomic E-state index is 0.825. The Hall–Kier alpha value is -1.81. The Kier molecular flexibility index (Phi) is 3.51. The molecule has 0 fully saturated rings. The van der Waals surface area contributed by atoms with Gasteiger partial charge in [0.25, 0.3) is 0 Å². The third-order valence-corrected chi connectivity index (χ3v) is 3.53. The summed E-state index contributed by atoms with van der Waals surface area (Å²) in [7, 11) is 2.03. The second kappa shape index (κ2) is 5.45. The van der Waals surface area contributed by atoms with E-state index in [1.807, 2.05) is 19.4 Å². The van der Waals surface area contributed by atoms with Gasteiger partial charge in [0.05, 0.1) is 6.61 Å². The molecule has 1 aromatic carbocycles. The summed E-state index contributed by atoms with van der Waals surface area (Å²) < 4.78 is 7.57. The zero-order chi connectivity index (χ0) is 13.1. The Balaban J connectivity index is 1.49. The predicted molar refractivity (Wildman–Crippen MR) is 74.3 cm³/mol. The van der Waals surface area contributed by atoms with Crippen molar-refractivity contribution in [3.63, 3.8) is 0 Å². The van der Waals surface area contributed by atoms with Crippen molar-refractivity contribution in [1.29, 1.82) is 0 Å². The second-order valence-corrected chi connectivity index (χ2v) is 4.92. The van der Waals surface area contributed by atoms with Crippen LogP contribution in [0, 0.1) is 0 Å². The van der Waals surface area contributed by atoms with Crippen molar-refractivity contribution in [2.75, 3.05) is 13.2 Å². The van der Waals surface area contributed by atoms with Crippen LogP contribution in [0.1, 0.15) is 17.0 Å². The number of fused-ring (bicyclic) bond motifs is 1. The van der Waals surface area contributed by atoms with Crippen LogP contribution in [0.15, 0.2) is 30.6 Å². The van der Waals surface area contributed by atoms with E-state index in [0.29, 0.717) is 0 Å². The average Bonchev–Trinajstić information content (AvgIpc) is 3.03. The molecule has 0 amide bonds. The highest BCUT2D eigenvalue weighted by molar-refractivity contribution is 5.39. The number of ether oxygens (including phenoxy) is 1. The molecule has 1 N–H and O–H groups in total. The molecule has 1 aromatic heterocycles. The van der Waals surface area contributed by atoms with E-state index >= 15 is 0 Å². The lowest BCUT2D eigenvalue weighted by Crippen LogP contribution is -2.18. The Morgan fingerprint density at radius 3 is 3.21 bits per heavy atom. The van der Waals surface area contributed by atoms with Gasteiger partial charge in [-0.15, -0.1) is 0 Å². The fourth-order valence-corrected chi connectivity index (χ4v) is 2.42. The zero-order valence-corrected chi connectivity index (χ0v) is 11.2. The molecule has 0 saturated carbocycles. The van der Waals surface area contributed by atoms with E-state index < -0.39 is 0 Å². The van der Waals surface area contributed by atoms with Gasteiger partial charge < -0.3 is 14.6 Å². The van der Waals surface area contributed by atoms with Crippen molar-refractivity contribution in [3.05, 3.63) is 47.5 Å². The number of imidazole rings is 1. The lowest BCUT2D eigenvalue weighted by Gasteiger charge is -2.06. The maximum Gasteiger partial charge on any atom is 0.122 e. The van der Waals surface area contributed by atoms with Gasteiger partial charge in [0.2, 0.25) is 0 Å². The van der Waals surface area contributed by atoms with Crippen LogP contribution < -0.4 is 10.1 Å². The molecule has 0 aliphatic carbocycles.